The highest BCUT2D eigenvalue weighted by Gasteiger charge is 2.75. The summed E-state index contributed by atoms with van der Waals surface area (Å²) in [6.07, 6.45) is 2.17. The Morgan fingerprint density at radius 2 is 2.05 bits per heavy atom. The Balaban J connectivity index is 1.77. The van der Waals surface area contributed by atoms with Gasteiger partial charge in [-0.05, 0) is 30.7 Å². The Morgan fingerprint density at radius 1 is 1.37 bits per heavy atom. The maximum Gasteiger partial charge on any atom is 0.307 e. The zero-order valence-electron chi connectivity index (χ0n) is 11.0. The third-order valence-corrected chi connectivity index (χ3v) is 5.05. The van der Waals surface area contributed by atoms with Gasteiger partial charge in [0.15, 0.2) is 0 Å². The van der Waals surface area contributed by atoms with Gasteiger partial charge >= 0.3 is 5.97 Å². The third kappa shape index (κ3) is 1.64. The second kappa shape index (κ2) is 4.19. The van der Waals surface area contributed by atoms with Crippen LogP contribution in [0.1, 0.15) is 25.3 Å². The predicted molar refractivity (Wildman–Crippen MR) is 70.6 cm³/mol. The molecule has 0 aliphatic heterocycles. The fourth-order valence-corrected chi connectivity index (χ4v) is 4.12. The molecule has 0 spiro atoms. The first-order valence-corrected chi connectivity index (χ1v) is 6.92. The highest BCUT2D eigenvalue weighted by molar-refractivity contribution is 5.99. The highest BCUT2D eigenvalue weighted by Crippen LogP contribution is 2.69. The molecule has 19 heavy (non-hydrogen) atoms. The molecule has 0 saturated heterocycles. The molecule has 0 heterocycles. The van der Waals surface area contributed by atoms with Crippen LogP contribution in [0.5, 0.6) is 0 Å². The number of benzene rings is 1. The Bertz CT molecular complexity index is 522. The first kappa shape index (κ1) is 12.4. The van der Waals surface area contributed by atoms with E-state index in [-0.39, 0.29) is 17.6 Å². The van der Waals surface area contributed by atoms with E-state index >= 15 is 0 Å². The van der Waals surface area contributed by atoms with Gasteiger partial charge in [-0.2, -0.15) is 0 Å². The van der Waals surface area contributed by atoms with Crippen molar-refractivity contribution in [2.24, 2.45) is 23.2 Å². The largest absolute Gasteiger partial charge is 0.481 e. The van der Waals surface area contributed by atoms with Crippen molar-refractivity contribution in [2.75, 3.05) is 0 Å². The second-order valence-corrected chi connectivity index (χ2v) is 5.80. The fourth-order valence-electron chi connectivity index (χ4n) is 4.12. The number of aliphatic carboxylic acids is 1. The van der Waals surface area contributed by atoms with E-state index in [1.807, 2.05) is 37.3 Å². The van der Waals surface area contributed by atoms with E-state index in [1.54, 1.807) is 0 Å². The molecular weight excluding hydrogens is 240 g/mol. The minimum absolute atomic E-state index is 0.0166. The summed E-state index contributed by atoms with van der Waals surface area (Å²) in [5.41, 5.74) is 0.630. The minimum Gasteiger partial charge on any atom is -0.481 e. The molecule has 3 rings (SSSR count). The van der Waals surface area contributed by atoms with Gasteiger partial charge in [0.2, 0.25) is 0 Å². The first-order chi connectivity index (χ1) is 9.11. The molecule has 4 atom stereocenters. The lowest BCUT2D eigenvalue weighted by molar-refractivity contribution is -0.142. The molecule has 0 bridgehead atoms. The minimum atomic E-state index is -0.793. The van der Waals surface area contributed by atoms with Gasteiger partial charge in [0.1, 0.15) is 5.78 Å². The monoisotopic (exact) mass is 258 g/mol. The van der Waals surface area contributed by atoms with Crippen LogP contribution >= 0.6 is 0 Å². The number of carboxylic acids is 1. The molecule has 2 saturated carbocycles. The summed E-state index contributed by atoms with van der Waals surface area (Å²) in [4.78, 5) is 23.8. The van der Waals surface area contributed by atoms with Gasteiger partial charge in [-0.25, -0.2) is 0 Å². The topological polar surface area (TPSA) is 54.4 Å². The highest BCUT2D eigenvalue weighted by atomic mass is 16.4. The number of ketones is 1. The number of hydrogen-bond donors (Lipinski definition) is 1. The average Bonchev–Trinajstić information content (AvgIpc) is 2.99. The second-order valence-electron chi connectivity index (χ2n) is 5.80. The van der Waals surface area contributed by atoms with E-state index in [0.29, 0.717) is 6.42 Å². The summed E-state index contributed by atoms with van der Waals surface area (Å²) in [6, 6.07) is 9.98. The Morgan fingerprint density at radius 3 is 2.58 bits per heavy atom. The van der Waals surface area contributed by atoms with Crippen LogP contribution in [0.25, 0.3) is 0 Å². The molecular formula is C16H18O3. The molecule has 2 aliphatic rings. The maximum atomic E-state index is 12.6. The summed E-state index contributed by atoms with van der Waals surface area (Å²) in [5, 5.41) is 9.20. The van der Waals surface area contributed by atoms with E-state index < -0.39 is 17.3 Å². The standard InChI is InChI=1S/C16H18O3/c1-2-16-12(13(16)15(18)19)9-11(14(16)17)8-10-6-4-3-5-7-10/h3-7,11-13H,2,8-9H2,1H3,(H,18,19). The summed E-state index contributed by atoms with van der Waals surface area (Å²) in [6.45, 7) is 1.94. The summed E-state index contributed by atoms with van der Waals surface area (Å²) in [5.74, 6) is -0.925. The van der Waals surface area contributed by atoms with Crippen LogP contribution in [0.2, 0.25) is 0 Å². The fraction of sp³-hybridized carbons (Fsp3) is 0.500. The molecule has 4 unspecified atom stereocenters. The molecule has 100 valence electrons. The summed E-state index contributed by atoms with van der Waals surface area (Å²) in [7, 11) is 0. The molecule has 3 nitrogen and oxygen atoms in total. The molecule has 2 aliphatic carbocycles. The van der Waals surface area contributed by atoms with Crippen LogP contribution in [0.3, 0.4) is 0 Å². The van der Waals surface area contributed by atoms with Crippen molar-refractivity contribution < 1.29 is 14.7 Å². The van der Waals surface area contributed by atoms with Gasteiger partial charge in [0.25, 0.3) is 0 Å². The Hall–Kier alpha value is -1.64. The van der Waals surface area contributed by atoms with E-state index in [9.17, 15) is 14.7 Å². The first-order valence-electron chi connectivity index (χ1n) is 6.92. The van der Waals surface area contributed by atoms with Crippen molar-refractivity contribution in [1.82, 2.24) is 0 Å². The normalized spacial score (nSPS) is 36.1. The Kier molecular flexibility index (Phi) is 2.73. The van der Waals surface area contributed by atoms with Crippen LogP contribution in [0.4, 0.5) is 0 Å². The van der Waals surface area contributed by atoms with Crippen molar-refractivity contribution in [2.45, 2.75) is 26.2 Å². The molecule has 0 aromatic heterocycles. The molecule has 0 radical (unpaired) electrons. The third-order valence-electron chi connectivity index (χ3n) is 5.05. The van der Waals surface area contributed by atoms with E-state index in [4.69, 9.17) is 0 Å². The number of rotatable bonds is 4. The average molecular weight is 258 g/mol. The van der Waals surface area contributed by atoms with Crippen LogP contribution < -0.4 is 0 Å². The lowest BCUT2D eigenvalue weighted by Gasteiger charge is -2.16. The van der Waals surface area contributed by atoms with Crippen LogP contribution in [0.15, 0.2) is 30.3 Å². The zero-order valence-corrected chi connectivity index (χ0v) is 11.0. The Labute approximate surface area is 112 Å². The number of carbonyl (C=O) groups is 2. The van der Waals surface area contributed by atoms with Crippen molar-refractivity contribution in [3.63, 3.8) is 0 Å². The van der Waals surface area contributed by atoms with Gasteiger partial charge < -0.3 is 5.11 Å². The van der Waals surface area contributed by atoms with Crippen LogP contribution in [-0.2, 0) is 16.0 Å². The molecule has 3 heteroatoms. The summed E-state index contributed by atoms with van der Waals surface area (Å²) >= 11 is 0. The number of carbonyl (C=O) groups excluding carboxylic acids is 1. The van der Waals surface area contributed by atoms with Crippen molar-refractivity contribution in [3.05, 3.63) is 35.9 Å². The molecule has 1 aromatic carbocycles. The van der Waals surface area contributed by atoms with Gasteiger partial charge in [-0.15, -0.1) is 0 Å². The molecule has 2 fully saturated rings. The summed E-state index contributed by atoms with van der Waals surface area (Å²) < 4.78 is 0. The quantitative estimate of drug-likeness (QED) is 0.903. The van der Waals surface area contributed by atoms with Gasteiger partial charge in [0, 0.05) is 11.3 Å². The lowest BCUT2D eigenvalue weighted by atomic mass is 9.86. The number of fused-ring (bicyclic) bond motifs is 1. The van der Waals surface area contributed by atoms with E-state index in [1.165, 1.54) is 5.56 Å². The number of hydrogen-bond acceptors (Lipinski definition) is 2. The molecule has 1 N–H and O–H groups in total. The lowest BCUT2D eigenvalue weighted by Crippen LogP contribution is -2.26. The van der Waals surface area contributed by atoms with E-state index in [2.05, 4.69) is 0 Å². The van der Waals surface area contributed by atoms with Crippen LogP contribution in [0, 0.1) is 23.2 Å². The van der Waals surface area contributed by atoms with Gasteiger partial charge in [-0.1, -0.05) is 37.3 Å². The predicted octanol–water partition coefficient (Wildman–Crippen LogP) is 2.55. The van der Waals surface area contributed by atoms with Crippen molar-refractivity contribution in [1.29, 1.82) is 0 Å². The molecule has 1 aromatic rings. The zero-order chi connectivity index (χ0) is 13.6. The van der Waals surface area contributed by atoms with E-state index in [0.717, 1.165) is 12.8 Å². The van der Waals surface area contributed by atoms with Crippen molar-refractivity contribution >= 4 is 11.8 Å². The number of carboxylic acid groups (broad SMARTS) is 1. The van der Waals surface area contributed by atoms with Gasteiger partial charge in [0.05, 0.1) is 5.92 Å². The smallest absolute Gasteiger partial charge is 0.307 e. The van der Waals surface area contributed by atoms with Crippen molar-refractivity contribution in [3.8, 4) is 0 Å². The molecule has 0 amide bonds. The SMILES string of the molecule is CCC12C(=O)C(Cc3ccccc3)CC1C2C(=O)O. The van der Waals surface area contributed by atoms with Gasteiger partial charge in [-0.3, -0.25) is 9.59 Å². The number of Topliss-reactive ketones (excluding diaryl/α,β-unsaturated/α-hetero) is 1. The van der Waals surface area contributed by atoms with Crippen LogP contribution in [-0.4, -0.2) is 16.9 Å². The maximum absolute atomic E-state index is 12.6.